The molecule has 11 heteroatoms. The van der Waals surface area contributed by atoms with Crippen molar-refractivity contribution in [1.82, 2.24) is 0 Å². The van der Waals surface area contributed by atoms with Gasteiger partial charge in [0.05, 0.1) is 54.1 Å². The Hall–Kier alpha value is 0.560. The number of ether oxygens (including phenoxy) is 1. The number of carbonyl (C=O) groups is 1. The highest BCUT2D eigenvalue weighted by atomic mass is 35.5. The molecule has 1 heterocycles. The molecule has 0 unspecified atom stereocenters. The van der Waals surface area contributed by atoms with E-state index in [-0.39, 0.29) is 6.61 Å². The summed E-state index contributed by atoms with van der Waals surface area (Å²) in [4.78, 5) is 11.4. The highest BCUT2D eigenvalue weighted by Crippen LogP contribution is 2.38. The molecule has 5 atom stereocenters. The molecule has 0 aromatic carbocycles. The monoisotopic (exact) mass is 360 g/mol. The maximum absolute atomic E-state index is 14.6. The predicted octanol–water partition coefficient (Wildman–Crippen LogP) is 2.43. The van der Waals surface area contributed by atoms with E-state index >= 15 is 0 Å². The molecule has 1 rings (SSSR count). The van der Waals surface area contributed by atoms with Gasteiger partial charge >= 0.3 is 0 Å². The zero-order valence-corrected chi connectivity index (χ0v) is 12.4. The van der Waals surface area contributed by atoms with Crippen LogP contribution < -0.4 is 0 Å². The molecule has 1 aliphatic rings. The van der Waals surface area contributed by atoms with E-state index in [4.69, 9.17) is 52.2 Å². The molecule has 0 saturated carbocycles. The molecule has 0 bridgehead atoms. The lowest BCUT2D eigenvalue weighted by molar-refractivity contribution is -0.288. The summed E-state index contributed by atoms with van der Waals surface area (Å²) in [7, 11) is 0. The van der Waals surface area contributed by atoms with Crippen molar-refractivity contribution in [3.63, 3.8) is 0 Å². The van der Waals surface area contributed by atoms with Crippen LogP contribution in [0.4, 0.5) is 4.39 Å². The van der Waals surface area contributed by atoms with E-state index in [0.717, 1.165) is 6.92 Å². The van der Waals surface area contributed by atoms with Gasteiger partial charge in [-0.25, -0.2) is 4.39 Å². The molecule has 112 valence electrons. The van der Waals surface area contributed by atoms with Gasteiger partial charge in [-0.05, 0) is 0 Å². The minimum absolute atomic E-state index is 0.344. The SMILES string of the molecule is CC(=O)[C@]1(F)O[C@H](COCl)[C@H](OCl)[C@H](OCl)[C@H]1OCl. The molecule has 1 aliphatic heterocycles. The molecule has 19 heavy (non-hydrogen) atoms. The summed E-state index contributed by atoms with van der Waals surface area (Å²) in [6.45, 7) is 0.596. The molecular formula is C8H9Cl4FO6. The van der Waals surface area contributed by atoms with Gasteiger partial charge in [0.2, 0.25) is 0 Å². The average Bonchev–Trinajstić information content (AvgIpc) is 2.38. The summed E-state index contributed by atoms with van der Waals surface area (Å²) in [6.07, 6.45) is -5.34. The fraction of sp³-hybridized carbons (Fsp3) is 0.875. The highest BCUT2D eigenvalue weighted by molar-refractivity contribution is 6.09. The lowest BCUT2D eigenvalue weighted by Gasteiger charge is -2.44. The van der Waals surface area contributed by atoms with Gasteiger partial charge in [-0.2, -0.15) is 0 Å². The van der Waals surface area contributed by atoms with Gasteiger partial charge in [-0.3, -0.25) is 22.0 Å². The molecule has 0 aromatic heterocycles. The van der Waals surface area contributed by atoms with E-state index in [0.29, 0.717) is 0 Å². The van der Waals surface area contributed by atoms with Crippen LogP contribution in [0.5, 0.6) is 0 Å². The Kier molecular flexibility index (Phi) is 6.98. The lowest BCUT2D eigenvalue weighted by atomic mass is 9.91. The van der Waals surface area contributed by atoms with Crippen LogP contribution in [0.2, 0.25) is 0 Å². The number of alkyl halides is 1. The second-order valence-corrected chi connectivity index (χ2v) is 4.50. The van der Waals surface area contributed by atoms with Crippen molar-refractivity contribution in [2.75, 3.05) is 6.61 Å². The molecule has 0 amide bonds. The molecule has 0 radical (unpaired) electrons. The second-order valence-electron chi connectivity index (χ2n) is 3.75. The Bertz CT molecular complexity index is 324. The first-order valence-corrected chi connectivity index (χ1v) is 6.13. The average molecular weight is 362 g/mol. The quantitative estimate of drug-likeness (QED) is 0.724. The third-order valence-corrected chi connectivity index (χ3v) is 3.42. The Balaban J connectivity index is 3.12. The number of Topliss-reactive ketones (excluding diaryl/α,β-unsaturated/α-hetero) is 1. The second kappa shape index (κ2) is 7.53. The Morgan fingerprint density at radius 2 is 1.79 bits per heavy atom. The number of rotatable bonds is 6. The van der Waals surface area contributed by atoms with Gasteiger partial charge in [0.1, 0.15) is 18.3 Å². The topological polar surface area (TPSA) is 63.2 Å². The molecular weight excluding hydrogens is 353 g/mol. The van der Waals surface area contributed by atoms with Crippen LogP contribution in [0.15, 0.2) is 0 Å². The number of halogens is 5. The van der Waals surface area contributed by atoms with Crippen LogP contribution in [-0.2, 0) is 26.7 Å². The molecule has 1 saturated heterocycles. The smallest absolute Gasteiger partial charge is 0.299 e. The third kappa shape index (κ3) is 3.42. The van der Waals surface area contributed by atoms with E-state index in [9.17, 15) is 9.18 Å². The zero-order valence-electron chi connectivity index (χ0n) is 9.36. The van der Waals surface area contributed by atoms with Crippen LogP contribution >= 0.6 is 47.5 Å². The maximum Gasteiger partial charge on any atom is 0.299 e. The van der Waals surface area contributed by atoms with Crippen molar-refractivity contribution in [3.05, 3.63) is 0 Å². The van der Waals surface area contributed by atoms with Crippen LogP contribution in [0.3, 0.4) is 0 Å². The molecule has 0 aromatic rings. The van der Waals surface area contributed by atoms with E-state index in [1.54, 1.807) is 0 Å². The normalized spacial score (nSPS) is 39.3. The van der Waals surface area contributed by atoms with E-state index in [2.05, 4.69) is 17.2 Å². The zero-order chi connectivity index (χ0) is 14.6. The first-order valence-electron chi connectivity index (χ1n) is 4.89. The molecule has 0 N–H and O–H groups in total. The van der Waals surface area contributed by atoms with Crippen molar-refractivity contribution >= 4 is 53.2 Å². The number of ketones is 1. The van der Waals surface area contributed by atoms with Gasteiger partial charge in [0, 0.05) is 6.92 Å². The standard InChI is InChI=1S/C8H9Cl4FO6/c1-3(14)8(13)7(19-12)6(18-11)5(17-10)4(16-8)2-15-9/h4-7H,2H2,1H3/t4-,5+,6+,7-,8+/m1/s1. The minimum Gasteiger partial charge on any atom is -0.329 e. The van der Waals surface area contributed by atoms with E-state index in [1.165, 1.54) is 0 Å². The molecule has 0 spiro atoms. The first kappa shape index (κ1) is 17.6. The predicted molar refractivity (Wildman–Crippen MR) is 63.4 cm³/mol. The van der Waals surface area contributed by atoms with Gasteiger partial charge in [-0.1, -0.05) is 0 Å². The molecule has 1 fully saturated rings. The van der Waals surface area contributed by atoms with Gasteiger partial charge in [-0.15, -0.1) is 0 Å². The van der Waals surface area contributed by atoms with Gasteiger partial charge < -0.3 is 4.74 Å². The number of carbonyl (C=O) groups excluding carboxylic acids is 1. The molecule has 0 aliphatic carbocycles. The van der Waals surface area contributed by atoms with Gasteiger partial charge in [0.25, 0.3) is 5.85 Å². The fourth-order valence-electron chi connectivity index (χ4n) is 1.74. The summed E-state index contributed by atoms with van der Waals surface area (Å²) < 4.78 is 37.2. The van der Waals surface area contributed by atoms with Crippen LogP contribution in [0, 0.1) is 0 Å². The van der Waals surface area contributed by atoms with Crippen molar-refractivity contribution in [3.8, 4) is 0 Å². The number of hydrogen-bond acceptors (Lipinski definition) is 6. The summed E-state index contributed by atoms with van der Waals surface area (Å²) in [5.41, 5.74) is 0. The van der Waals surface area contributed by atoms with E-state index in [1.807, 2.05) is 0 Å². The van der Waals surface area contributed by atoms with Crippen molar-refractivity contribution in [1.29, 1.82) is 0 Å². The minimum atomic E-state index is -2.91. The van der Waals surface area contributed by atoms with Crippen LogP contribution in [0.1, 0.15) is 6.92 Å². The first-order chi connectivity index (χ1) is 8.96. The summed E-state index contributed by atoms with van der Waals surface area (Å²) >= 11 is 20.7. The third-order valence-electron chi connectivity index (χ3n) is 2.69. The van der Waals surface area contributed by atoms with E-state index < -0.39 is 36.1 Å². The highest BCUT2D eigenvalue weighted by Gasteiger charge is 2.61. The summed E-state index contributed by atoms with van der Waals surface area (Å²) in [6, 6.07) is 0. The molecule has 6 nitrogen and oxygen atoms in total. The summed E-state index contributed by atoms with van der Waals surface area (Å²) in [5.74, 6) is -3.92. The number of hydrogen-bond donors (Lipinski definition) is 0. The maximum atomic E-state index is 14.6. The van der Waals surface area contributed by atoms with Gasteiger partial charge in [0.15, 0.2) is 11.9 Å². The Labute approximate surface area is 128 Å². The Morgan fingerprint density at radius 1 is 1.21 bits per heavy atom. The van der Waals surface area contributed by atoms with Crippen LogP contribution in [0.25, 0.3) is 0 Å². The Morgan fingerprint density at radius 3 is 2.16 bits per heavy atom. The van der Waals surface area contributed by atoms with Crippen molar-refractivity contribution in [2.45, 2.75) is 37.2 Å². The fourth-order valence-corrected chi connectivity index (χ4v) is 2.49. The van der Waals surface area contributed by atoms with Crippen molar-refractivity contribution < 1.29 is 31.1 Å². The van der Waals surface area contributed by atoms with Crippen molar-refractivity contribution in [2.24, 2.45) is 0 Å². The summed E-state index contributed by atoms with van der Waals surface area (Å²) in [5, 5.41) is 0. The van der Waals surface area contributed by atoms with Crippen LogP contribution in [-0.4, -0.2) is 42.7 Å². The largest absolute Gasteiger partial charge is 0.329 e. The lowest BCUT2D eigenvalue weighted by Crippen LogP contribution is -2.66.